The van der Waals surface area contributed by atoms with Crippen LogP contribution in [-0.4, -0.2) is 74.4 Å². The zero-order valence-electron chi connectivity index (χ0n) is 22.0. The Kier molecular flexibility index (Phi) is 9.06. The van der Waals surface area contributed by atoms with E-state index in [0.29, 0.717) is 5.65 Å². The molecular formula is C21H33N6O10P. The van der Waals surface area contributed by atoms with Crippen molar-refractivity contribution in [1.29, 1.82) is 0 Å². The molecule has 1 aliphatic heterocycles. The van der Waals surface area contributed by atoms with E-state index in [-0.39, 0.29) is 17.8 Å². The molecule has 1 aliphatic rings. The summed E-state index contributed by atoms with van der Waals surface area (Å²) in [7, 11) is -4.46. The van der Waals surface area contributed by atoms with Crippen molar-refractivity contribution in [2.75, 3.05) is 25.9 Å². The van der Waals surface area contributed by atoms with Crippen LogP contribution in [0.1, 0.15) is 54.2 Å². The highest BCUT2D eigenvalue weighted by atomic mass is 31.2. The first-order valence-corrected chi connectivity index (χ1v) is 13.1. The van der Waals surface area contributed by atoms with Crippen LogP contribution in [0.15, 0.2) is 6.33 Å². The summed E-state index contributed by atoms with van der Waals surface area (Å²) < 4.78 is 45.9. The van der Waals surface area contributed by atoms with Crippen molar-refractivity contribution in [2.24, 2.45) is 10.8 Å². The summed E-state index contributed by atoms with van der Waals surface area (Å²) in [4.78, 5) is 32.0. The molecule has 17 heteroatoms. The molecule has 16 nitrogen and oxygen atoms in total. The minimum absolute atomic E-state index is 0.0782. The van der Waals surface area contributed by atoms with Crippen molar-refractivity contribution in [3.8, 4) is 0 Å². The third kappa shape index (κ3) is 7.42. The number of hydrogen-bond donors (Lipinski definition) is 2. The van der Waals surface area contributed by atoms with E-state index in [1.807, 2.05) is 0 Å². The highest BCUT2D eigenvalue weighted by molar-refractivity contribution is 7.48. The Balaban J connectivity index is 1.64. The second-order valence-corrected chi connectivity index (χ2v) is 12.2. The highest BCUT2D eigenvalue weighted by Crippen LogP contribution is 2.50. The summed E-state index contributed by atoms with van der Waals surface area (Å²) in [6.07, 6.45) is -1.53. The Morgan fingerprint density at radius 2 is 1.66 bits per heavy atom. The van der Waals surface area contributed by atoms with Gasteiger partial charge < -0.3 is 25.1 Å². The predicted molar refractivity (Wildman–Crippen MR) is 129 cm³/mol. The smallest absolute Gasteiger partial charge is 0.437 e. The molecule has 2 aromatic heterocycles. The quantitative estimate of drug-likeness (QED) is 0.241. The monoisotopic (exact) mass is 560 g/mol. The lowest BCUT2D eigenvalue weighted by molar-refractivity contribution is -0.163. The van der Waals surface area contributed by atoms with Crippen LogP contribution in [0.5, 0.6) is 0 Å². The van der Waals surface area contributed by atoms with Gasteiger partial charge in [-0.05, 0) is 41.5 Å². The summed E-state index contributed by atoms with van der Waals surface area (Å²) in [5.41, 5.74) is 4.68. The van der Waals surface area contributed by atoms with Gasteiger partial charge in [-0.2, -0.15) is 4.68 Å². The number of anilines is 1. The number of aliphatic hydroxyl groups is 1. The molecule has 1 saturated heterocycles. The van der Waals surface area contributed by atoms with Crippen LogP contribution in [0, 0.1) is 10.8 Å². The normalized spacial score (nSPS) is 20.6. The van der Waals surface area contributed by atoms with Crippen molar-refractivity contribution < 1.29 is 47.0 Å². The number of rotatable bonds is 10. The lowest BCUT2D eigenvalue weighted by Gasteiger charge is -2.23. The molecular weight excluding hydrogens is 527 g/mol. The van der Waals surface area contributed by atoms with Gasteiger partial charge in [0.25, 0.3) is 0 Å². The third-order valence-electron chi connectivity index (χ3n) is 5.19. The number of carbonyl (C=O) groups is 2. The van der Waals surface area contributed by atoms with Gasteiger partial charge in [0.2, 0.25) is 13.6 Å². The SMILES string of the molecule is CC(C)(C)C(=O)OCOP(=O)(OCOC(=O)C(C)(C)C)OC[C@H]1OC(n2nnc3c(N)ncnc32)C[C@H]1O. The summed E-state index contributed by atoms with van der Waals surface area (Å²) >= 11 is 0. The first-order chi connectivity index (χ1) is 17.6. The Labute approximate surface area is 218 Å². The molecule has 38 heavy (non-hydrogen) atoms. The minimum atomic E-state index is -4.46. The number of carbonyl (C=O) groups excluding carboxylic acids is 2. The second-order valence-electron chi connectivity index (χ2n) is 10.5. The van der Waals surface area contributed by atoms with E-state index in [1.54, 1.807) is 41.5 Å². The van der Waals surface area contributed by atoms with Gasteiger partial charge in [-0.25, -0.2) is 23.6 Å². The molecule has 212 valence electrons. The summed E-state index contributed by atoms with van der Waals surface area (Å²) in [5.74, 6) is -1.11. The molecule has 3 atom stereocenters. The van der Waals surface area contributed by atoms with E-state index < -0.39 is 69.2 Å². The van der Waals surface area contributed by atoms with E-state index >= 15 is 0 Å². The Morgan fingerprint density at radius 3 is 2.21 bits per heavy atom. The molecule has 3 rings (SSSR count). The van der Waals surface area contributed by atoms with Crippen LogP contribution in [-0.2, 0) is 41.9 Å². The maximum Gasteiger partial charge on any atom is 0.480 e. The van der Waals surface area contributed by atoms with E-state index in [9.17, 15) is 19.3 Å². The molecule has 0 bridgehead atoms. The van der Waals surface area contributed by atoms with Gasteiger partial charge in [0, 0.05) is 6.42 Å². The van der Waals surface area contributed by atoms with Gasteiger partial charge in [0.15, 0.2) is 23.2 Å². The third-order valence-corrected chi connectivity index (χ3v) is 6.50. The number of aliphatic hydroxyl groups excluding tert-OH is 1. The van der Waals surface area contributed by atoms with Crippen molar-refractivity contribution >= 4 is 36.7 Å². The Bertz CT molecular complexity index is 1160. The topological polar surface area (TPSA) is 209 Å². The maximum absolute atomic E-state index is 13.2. The number of hydrogen-bond acceptors (Lipinski definition) is 15. The number of ether oxygens (including phenoxy) is 3. The van der Waals surface area contributed by atoms with E-state index in [1.165, 1.54) is 11.0 Å². The van der Waals surface area contributed by atoms with Gasteiger partial charge >= 0.3 is 19.8 Å². The Morgan fingerprint density at radius 1 is 1.08 bits per heavy atom. The number of esters is 2. The van der Waals surface area contributed by atoms with Gasteiger partial charge in [0.1, 0.15) is 12.4 Å². The standard InChI is InChI=1S/C21H33N6O10P/c1-20(2,3)18(29)32-10-35-38(31,36-11-33-19(30)21(4,5)6)34-8-13-12(28)7-14(37-13)27-17-15(25-26-27)16(22)23-9-24-17/h9,12-14,28H,7-8,10-11H2,1-6H3,(H2,22,23,24)/t12-,13-,14?/m1/s1. The fourth-order valence-electron chi connectivity index (χ4n) is 2.99. The maximum atomic E-state index is 13.2. The van der Waals surface area contributed by atoms with Crippen LogP contribution < -0.4 is 5.73 Å². The fraction of sp³-hybridized carbons (Fsp3) is 0.714. The predicted octanol–water partition coefficient (Wildman–Crippen LogP) is 1.70. The zero-order valence-corrected chi connectivity index (χ0v) is 22.9. The molecule has 2 aromatic rings. The van der Waals surface area contributed by atoms with Crippen LogP contribution in [0.4, 0.5) is 5.82 Å². The van der Waals surface area contributed by atoms with Crippen LogP contribution in [0.3, 0.4) is 0 Å². The second kappa shape index (κ2) is 11.6. The molecule has 0 saturated carbocycles. The van der Waals surface area contributed by atoms with Gasteiger partial charge in [-0.1, -0.05) is 5.21 Å². The molecule has 1 fully saturated rings. The lowest BCUT2D eigenvalue weighted by atomic mass is 9.98. The van der Waals surface area contributed by atoms with Gasteiger partial charge in [-0.3, -0.25) is 14.1 Å². The van der Waals surface area contributed by atoms with Crippen molar-refractivity contribution in [2.45, 2.75) is 66.4 Å². The minimum Gasteiger partial charge on any atom is -0.437 e. The van der Waals surface area contributed by atoms with Crippen molar-refractivity contribution in [1.82, 2.24) is 25.0 Å². The average molecular weight is 561 g/mol. The molecule has 3 heterocycles. The largest absolute Gasteiger partial charge is 0.480 e. The average Bonchev–Trinajstić information content (AvgIpc) is 3.40. The van der Waals surface area contributed by atoms with Gasteiger partial charge in [0.05, 0.1) is 23.5 Å². The molecule has 3 N–H and O–H groups in total. The van der Waals surface area contributed by atoms with Crippen LogP contribution >= 0.6 is 7.82 Å². The summed E-state index contributed by atoms with van der Waals surface area (Å²) in [6, 6.07) is 0. The molecule has 1 unspecified atom stereocenters. The summed E-state index contributed by atoms with van der Waals surface area (Å²) in [6.45, 7) is 7.78. The number of nitrogens with zero attached hydrogens (tertiary/aromatic N) is 5. The van der Waals surface area contributed by atoms with Crippen molar-refractivity contribution in [3.05, 3.63) is 6.33 Å². The first kappa shape index (κ1) is 29.8. The Hall–Kier alpha value is -2.75. The van der Waals surface area contributed by atoms with Crippen LogP contribution in [0.2, 0.25) is 0 Å². The van der Waals surface area contributed by atoms with E-state index in [0.717, 1.165) is 0 Å². The number of fused-ring (bicyclic) bond motifs is 1. The molecule has 0 aliphatic carbocycles. The van der Waals surface area contributed by atoms with Crippen molar-refractivity contribution in [3.63, 3.8) is 0 Å². The number of nitrogens with two attached hydrogens (primary N) is 1. The lowest BCUT2D eigenvalue weighted by Crippen LogP contribution is -2.27. The zero-order chi connectivity index (χ0) is 28.3. The van der Waals surface area contributed by atoms with E-state index in [2.05, 4.69) is 20.3 Å². The summed E-state index contributed by atoms with van der Waals surface area (Å²) in [5, 5.41) is 18.4. The fourth-order valence-corrected chi connectivity index (χ4v) is 3.90. The first-order valence-electron chi connectivity index (χ1n) is 11.6. The molecule has 0 amide bonds. The highest BCUT2D eigenvalue weighted by Gasteiger charge is 2.40. The number of phosphoric ester groups is 1. The van der Waals surface area contributed by atoms with Crippen LogP contribution in [0.25, 0.3) is 11.2 Å². The van der Waals surface area contributed by atoms with Gasteiger partial charge in [-0.15, -0.1) is 5.10 Å². The molecule has 0 radical (unpaired) electrons. The number of aromatic nitrogens is 5. The molecule has 0 aromatic carbocycles. The van der Waals surface area contributed by atoms with E-state index in [4.69, 9.17) is 33.5 Å². The molecule has 0 spiro atoms. The number of nitrogen functional groups attached to an aromatic ring is 1. The number of phosphoric acid groups is 1.